The monoisotopic (exact) mass is 570 g/mol. The maximum atomic E-state index is 13.9. The van der Waals surface area contributed by atoms with E-state index in [0.29, 0.717) is 32.9 Å². The fourth-order valence-electron chi connectivity index (χ4n) is 4.57. The van der Waals surface area contributed by atoms with Gasteiger partial charge in [-0.1, -0.05) is 17.7 Å². The number of nitrogens with one attached hydrogen (secondary N) is 1. The summed E-state index contributed by atoms with van der Waals surface area (Å²) >= 11 is 7.87. The van der Waals surface area contributed by atoms with E-state index in [2.05, 4.69) is 21.4 Å². The lowest BCUT2D eigenvalue weighted by atomic mass is 9.92. The molecule has 0 bridgehead atoms. The Kier molecular flexibility index (Phi) is 7.73. The van der Waals surface area contributed by atoms with Crippen LogP contribution in [0.25, 0.3) is 0 Å². The average molecular weight is 571 g/mol. The van der Waals surface area contributed by atoms with Gasteiger partial charge >= 0.3 is 0 Å². The molecule has 1 aliphatic rings. The molecule has 0 fully saturated rings. The molecule has 5 rings (SSSR count). The molecular weight excluding hydrogens is 544 g/mol. The summed E-state index contributed by atoms with van der Waals surface area (Å²) in [6.45, 7) is 0.0190. The van der Waals surface area contributed by atoms with Crippen LogP contribution in [0.3, 0.4) is 0 Å². The number of aromatic nitrogens is 2. The van der Waals surface area contributed by atoms with Crippen LogP contribution < -0.4 is 19.1 Å². The summed E-state index contributed by atoms with van der Waals surface area (Å²) in [6.07, 6.45) is 6.32. The summed E-state index contributed by atoms with van der Waals surface area (Å²) in [6, 6.07) is 14.1. The molecule has 0 saturated carbocycles. The smallest absolute Gasteiger partial charge is 0.266 e. The number of hydrogen-bond acceptors (Lipinski definition) is 8. The van der Waals surface area contributed by atoms with Crippen molar-refractivity contribution in [3.8, 4) is 11.5 Å². The number of thiazole rings is 1. The molecule has 4 aromatic rings. The Labute approximate surface area is 231 Å². The summed E-state index contributed by atoms with van der Waals surface area (Å²) in [5, 5.41) is 5.85. The molecule has 2 heterocycles. The first-order chi connectivity index (χ1) is 18.4. The van der Waals surface area contributed by atoms with Crippen molar-refractivity contribution >= 4 is 43.8 Å². The van der Waals surface area contributed by atoms with Crippen molar-refractivity contribution in [1.29, 1.82) is 0 Å². The van der Waals surface area contributed by atoms with Crippen LogP contribution in [0.5, 0.6) is 11.5 Å². The van der Waals surface area contributed by atoms with Gasteiger partial charge in [-0.15, -0.1) is 11.3 Å². The van der Waals surface area contributed by atoms with Crippen LogP contribution >= 0.6 is 22.9 Å². The standard InChI is InChI=1S/C27H27ClN4O4S2/c1-35-20-9-8-19(25(15-20)36-2)17-32(27-30-13-14-37-27)38(33,34)21-10-11-23(22(28)16-21)31-24-7-3-5-18-6-4-12-29-26(18)24/h4,6,8-16,24,31H,3,5,7,17H2,1-2H3/t24-/m0/s1. The van der Waals surface area contributed by atoms with Crippen molar-refractivity contribution in [2.75, 3.05) is 23.8 Å². The van der Waals surface area contributed by atoms with Crippen LogP contribution in [0, 0.1) is 0 Å². The van der Waals surface area contributed by atoms with Gasteiger partial charge in [0.25, 0.3) is 10.0 Å². The minimum atomic E-state index is -4.01. The van der Waals surface area contributed by atoms with Gasteiger partial charge in [0.2, 0.25) is 0 Å². The van der Waals surface area contributed by atoms with E-state index in [-0.39, 0.29) is 17.5 Å². The van der Waals surface area contributed by atoms with Gasteiger partial charge in [0.1, 0.15) is 11.5 Å². The first-order valence-corrected chi connectivity index (χ1v) is 14.7. The highest BCUT2D eigenvalue weighted by Gasteiger charge is 2.29. The second kappa shape index (κ2) is 11.2. The number of hydrogen-bond donors (Lipinski definition) is 1. The molecule has 0 amide bonds. The number of anilines is 2. The normalized spacial score (nSPS) is 15.0. The van der Waals surface area contributed by atoms with Gasteiger partial charge in [0.05, 0.1) is 48.1 Å². The predicted molar refractivity (Wildman–Crippen MR) is 150 cm³/mol. The van der Waals surface area contributed by atoms with Crippen molar-refractivity contribution in [1.82, 2.24) is 9.97 Å². The second-order valence-electron chi connectivity index (χ2n) is 8.78. The molecule has 2 aromatic heterocycles. The number of halogens is 1. The Morgan fingerprint density at radius 3 is 2.71 bits per heavy atom. The maximum Gasteiger partial charge on any atom is 0.266 e. The van der Waals surface area contributed by atoms with Crippen LogP contribution in [0.15, 0.2) is 71.2 Å². The fourth-order valence-corrected chi connectivity index (χ4v) is 7.16. The number of benzene rings is 2. The Hall–Kier alpha value is -3.34. The topological polar surface area (TPSA) is 93.7 Å². The molecule has 0 saturated heterocycles. The van der Waals surface area contributed by atoms with E-state index >= 15 is 0 Å². The van der Waals surface area contributed by atoms with E-state index < -0.39 is 10.0 Å². The highest BCUT2D eigenvalue weighted by molar-refractivity contribution is 7.93. The van der Waals surface area contributed by atoms with Crippen molar-refractivity contribution in [3.05, 3.63) is 88.1 Å². The lowest BCUT2D eigenvalue weighted by molar-refractivity contribution is 0.391. The number of methoxy groups -OCH3 is 2. The number of rotatable bonds is 9. The van der Waals surface area contributed by atoms with Gasteiger partial charge in [0, 0.05) is 29.4 Å². The molecule has 11 heteroatoms. The maximum absolute atomic E-state index is 13.9. The van der Waals surface area contributed by atoms with Crippen molar-refractivity contribution < 1.29 is 17.9 Å². The molecule has 8 nitrogen and oxygen atoms in total. The lowest BCUT2D eigenvalue weighted by Crippen LogP contribution is -2.30. The number of fused-ring (bicyclic) bond motifs is 1. The molecule has 0 radical (unpaired) electrons. The van der Waals surface area contributed by atoms with Gasteiger partial charge in [-0.3, -0.25) is 4.98 Å². The van der Waals surface area contributed by atoms with Gasteiger partial charge in [-0.25, -0.2) is 17.7 Å². The van der Waals surface area contributed by atoms with Crippen molar-refractivity contribution in [2.24, 2.45) is 0 Å². The summed E-state index contributed by atoms with van der Waals surface area (Å²) in [7, 11) is -0.918. The Balaban J connectivity index is 1.45. The van der Waals surface area contributed by atoms with Crippen LogP contribution in [0.2, 0.25) is 5.02 Å². The molecule has 1 aliphatic carbocycles. The third-order valence-electron chi connectivity index (χ3n) is 6.49. The molecular formula is C27H27ClN4O4S2. The minimum Gasteiger partial charge on any atom is -0.497 e. The number of aryl methyl sites for hydroxylation is 1. The van der Waals surface area contributed by atoms with Crippen molar-refractivity contribution in [3.63, 3.8) is 0 Å². The van der Waals surface area contributed by atoms with Crippen LogP contribution in [0.4, 0.5) is 10.8 Å². The molecule has 1 atom stereocenters. The molecule has 0 aliphatic heterocycles. The molecule has 1 N–H and O–H groups in total. The van der Waals surface area contributed by atoms with E-state index in [0.717, 1.165) is 25.0 Å². The van der Waals surface area contributed by atoms with Crippen LogP contribution in [0.1, 0.15) is 35.7 Å². The second-order valence-corrected chi connectivity index (χ2v) is 11.9. The summed E-state index contributed by atoms with van der Waals surface area (Å²) in [5.74, 6) is 1.12. The Morgan fingerprint density at radius 2 is 1.97 bits per heavy atom. The van der Waals surface area contributed by atoms with Crippen LogP contribution in [-0.4, -0.2) is 32.6 Å². The molecule has 0 spiro atoms. The number of nitrogens with zero attached hydrogens (tertiary/aromatic N) is 3. The third-order valence-corrected chi connectivity index (χ3v) is 9.45. The van der Waals surface area contributed by atoms with Gasteiger partial charge in [0.15, 0.2) is 5.13 Å². The Morgan fingerprint density at radius 1 is 1.11 bits per heavy atom. The van der Waals surface area contributed by atoms with Gasteiger partial charge < -0.3 is 14.8 Å². The summed E-state index contributed by atoms with van der Waals surface area (Å²) in [4.78, 5) is 8.92. The third kappa shape index (κ3) is 5.29. The minimum absolute atomic E-state index is 0.00858. The van der Waals surface area contributed by atoms with Crippen molar-refractivity contribution in [2.45, 2.75) is 36.7 Å². The number of sulfonamides is 1. The largest absolute Gasteiger partial charge is 0.497 e. The zero-order valence-corrected chi connectivity index (χ0v) is 23.3. The van der Waals surface area contributed by atoms with E-state index in [4.69, 9.17) is 21.1 Å². The lowest BCUT2D eigenvalue weighted by Gasteiger charge is -2.27. The zero-order chi connectivity index (χ0) is 26.7. The molecule has 2 aromatic carbocycles. The van der Waals surface area contributed by atoms with E-state index in [9.17, 15) is 8.42 Å². The van der Waals surface area contributed by atoms with Crippen LogP contribution in [-0.2, 0) is 23.0 Å². The van der Waals surface area contributed by atoms with Gasteiger partial charge in [-0.05, 0) is 61.2 Å². The predicted octanol–water partition coefficient (Wildman–Crippen LogP) is 6.09. The quantitative estimate of drug-likeness (QED) is 0.260. The van der Waals surface area contributed by atoms with E-state index in [1.54, 1.807) is 55.2 Å². The summed E-state index contributed by atoms with van der Waals surface area (Å²) < 4.78 is 39.9. The zero-order valence-electron chi connectivity index (χ0n) is 20.9. The highest BCUT2D eigenvalue weighted by atomic mass is 35.5. The number of ether oxygens (including phenoxy) is 2. The average Bonchev–Trinajstić information content (AvgIpc) is 3.47. The summed E-state index contributed by atoms with van der Waals surface area (Å²) in [5.41, 5.74) is 3.56. The highest BCUT2D eigenvalue weighted by Crippen LogP contribution is 2.36. The first-order valence-electron chi connectivity index (χ1n) is 12.0. The fraction of sp³-hybridized carbons (Fsp3) is 0.259. The number of pyridine rings is 1. The SMILES string of the molecule is COc1ccc(CN(c2nccs2)S(=O)(=O)c2ccc(N[C@H]3CCCc4cccnc43)c(Cl)c2)c(OC)c1. The van der Waals surface area contributed by atoms with E-state index in [1.165, 1.54) is 34.4 Å². The Bertz CT molecular complexity index is 1530. The molecule has 198 valence electrons. The molecule has 0 unspecified atom stereocenters. The molecule has 38 heavy (non-hydrogen) atoms. The first kappa shape index (κ1) is 26.3. The van der Waals surface area contributed by atoms with E-state index in [1.807, 2.05) is 6.07 Å². The van der Waals surface area contributed by atoms with Gasteiger partial charge in [-0.2, -0.15) is 0 Å².